The number of hydrogen-bond acceptors (Lipinski definition) is 4. The second-order valence-electron chi connectivity index (χ2n) is 8.90. The normalized spacial score (nSPS) is 13.6. The van der Waals surface area contributed by atoms with Gasteiger partial charge in [-0.05, 0) is 55.5 Å². The Morgan fingerprint density at radius 2 is 1.16 bits per heavy atom. The lowest BCUT2D eigenvalue weighted by Crippen LogP contribution is -2.43. The molecule has 0 aliphatic heterocycles. The fourth-order valence-corrected chi connectivity index (χ4v) is 9.59. The molecule has 0 aromatic carbocycles. The summed E-state index contributed by atoms with van der Waals surface area (Å²) in [7, 11) is -1.87. The van der Waals surface area contributed by atoms with Crippen molar-refractivity contribution >= 4 is 8.07 Å². The molecule has 4 nitrogen and oxygen atoms in total. The predicted molar refractivity (Wildman–Crippen MR) is 140 cm³/mol. The molecule has 0 spiro atoms. The van der Waals surface area contributed by atoms with E-state index in [4.69, 9.17) is 18.9 Å². The maximum Gasteiger partial charge on any atom is 0.146 e. The summed E-state index contributed by atoms with van der Waals surface area (Å²) in [5.41, 5.74) is 8.79. The van der Waals surface area contributed by atoms with E-state index >= 15 is 0 Å². The summed E-state index contributed by atoms with van der Waals surface area (Å²) in [5.74, 6) is 3.64. The van der Waals surface area contributed by atoms with Crippen LogP contribution in [0.1, 0.15) is 69.2 Å². The molecule has 0 heterocycles. The van der Waals surface area contributed by atoms with E-state index in [2.05, 4.69) is 59.1 Å². The Bertz CT molecular complexity index is 602. The molecule has 0 amide bonds. The van der Waals surface area contributed by atoms with Crippen molar-refractivity contribution in [2.24, 2.45) is 0 Å². The van der Waals surface area contributed by atoms with Crippen LogP contribution >= 0.6 is 0 Å². The van der Waals surface area contributed by atoms with Gasteiger partial charge in [0.05, 0.1) is 26.4 Å². The van der Waals surface area contributed by atoms with E-state index in [-0.39, 0.29) is 0 Å². The zero-order valence-electron chi connectivity index (χ0n) is 22.6. The molecule has 0 aliphatic rings. The highest BCUT2D eigenvalue weighted by Gasteiger charge is 2.41. The molecule has 0 bridgehead atoms. The van der Waals surface area contributed by atoms with Crippen LogP contribution in [0.4, 0.5) is 0 Å². The Labute approximate surface area is 200 Å². The van der Waals surface area contributed by atoms with Gasteiger partial charge in [-0.1, -0.05) is 53.5 Å². The minimum atomic E-state index is -1.87. The number of ether oxygens (including phenoxy) is 4. The smallest absolute Gasteiger partial charge is 0.146 e. The molecule has 186 valence electrons. The molecule has 0 fully saturated rings. The summed E-state index contributed by atoms with van der Waals surface area (Å²) in [6.07, 6.45) is 2.11. The SMILES string of the molecule is CCOC/C=C(COCC)/C(COCC)=C(\C#C[Si](C(C)C)(C(C)C)C(C)C)COCC. The Hall–Kier alpha value is -0.903. The maximum absolute atomic E-state index is 5.89. The average molecular weight is 467 g/mol. The van der Waals surface area contributed by atoms with Crippen LogP contribution < -0.4 is 0 Å². The zero-order valence-corrected chi connectivity index (χ0v) is 23.6. The van der Waals surface area contributed by atoms with Crippen molar-refractivity contribution in [3.63, 3.8) is 0 Å². The standard InChI is InChI=1S/C27H50O4Si/c1-11-28-17-15-25(19-29-12-2)27(21-31-14-4)26(20-30-13-3)16-18-32(22(5)6,23(7)8)24(9)10/h15,22-24H,11-14,17,19-21H2,1-10H3/b25-15+,27-26+. The predicted octanol–water partition coefficient (Wildman–Crippen LogP) is 6.58. The molecule has 0 rings (SSSR count). The van der Waals surface area contributed by atoms with Crippen molar-refractivity contribution in [2.45, 2.75) is 85.9 Å². The third-order valence-electron chi connectivity index (χ3n) is 6.06. The van der Waals surface area contributed by atoms with Crippen LogP contribution in [-0.4, -0.2) is 60.9 Å². The van der Waals surface area contributed by atoms with Gasteiger partial charge in [-0.15, -0.1) is 5.54 Å². The summed E-state index contributed by atoms with van der Waals surface area (Å²) < 4.78 is 23.2. The highest BCUT2D eigenvalue weighted by atomic mass is 28.3. The molecule has 0 aromatic heterocycles. The van der Waals surface area contributed by atoms with Crippen LogP contribution in [0.25, 0.3) is 0 Å². The number of hydrogen-bond donors (Lipinski definition) is 0. The van der Waals surface area contributed by atoms with Crippen LogP contribution in [0, 0.1) is 11.5 Å². The fraction of sp³-hybridized carbons (Fsp3) is 0.778. The molecule has 0 radical (unpaired) electrons. The van der Waals surface area contributed by atoms with Gasteiger partial charge >= 0.3 is 0 Å². The van der Waals surface area contributed by atoms with Crippen molar-refractivity contribution < 1.29 is 18.9 Å². The highest BCUT2D eigenvalue weighted by molar-refractivity contribution is 6.90. The summed E-state index contributed by atoms with van der Waals surface area (Å²) in [6, 6.07) is 0. The minimum Gasteiger partial charge on any atom is -0.378 e. The minimum absolute atomic E-state index is 0.489. The first-order chi connectivity index (χ1) is 15.2. The van der Waals surface area contributed by atoms with Gasteiger partial charge in [0.15, 0.2) is 0 Å². The molecule has 0 atom stereocenters. The van der Waals surface area contributed by atoms with Crippen LogP contribution in [-0.2, 0) is 18.9 Å². The first-order valence-electron chi connectivity index (χ1n) is 12.5. The van der Waals surface area contributed by atoms with Crippen molar-refractivity contribution in [3.05, 3.63) is 22.8 Å². The van der Waals surface area contributed by atoms with Gasteiger partial charge < -0.3 is 18.9 Å². The van der Waals surface area contributed by atoms with Crippen LogP contribution in [0.5, 0.6) is 0 Å². The third-order valence-corrected chi connectivity index (χ3v) is 12.4. The molecule has 5 heteroatoms. The van der Waals surface area contributed by atoms with E-state index in [1.165, 1.54) is 0 Å². The Kier molecular flexibility index (Phi) is 17.1. The van der Waals surface area contributed by atoms with E-state index in [9.17, 15) is 0 Å². The molecular formula is C27H50O4Si. The van der Waals surface area contributed by atoms with Gasteiger partial charge in [0.2, 0.25) is 0 Å². The van der Waals surface area contributed by atoms with Crippen molar-refractivity contribution in [2.75, 3.05) is 52.9 Å². The van der Waals surface area contributed by atoms with E-state index < -0.39 is 8.07 Å². The average Bonchev–Trinajstić information content (AvgIpc) is 2.74. The maximum atomic E-state index is 5.89. The fourth-order valence-electron chi connectivity index (χ4n) is 4.36. The quantitative estimate of drug-likeness (QED) is 0.111. The lowest BCUT2D eigenvalue weighted by molar-refractivity contribution is 0.149. The van der Waals surface area contributed by atoms with Crippen molar-refractivity contribution in [3.8, 4) is 11.5 Å². The summed E-state index contributed by atoms with van der Waals surface area (Å²) in [6.45, 7) is 26.8. The van der Waals surface area contributed by atoms with E-state index in [1.807, 2.05) is 27.7 Å². The van der Waals surface area contributed by atoms with Gasteiger partial charge in [0.25, 0.3) is 0 Å². The van der Waals surface area contributed by atoms with Crippen molar-refractivity contribution in [1.29, 1.82) is 0 Å². The topological polar surface area (TPSA) is 36.9 Å². The summed E-state index contributed by atoms with van der Waals surface area (Å²) >= 11 is 0. The monoisotopic (exact) mass is 466 g/mol. The van der Waals surface area contributed by atoms with Crippen LogP contribution in [0.15, 0.2) is 22.8 Å². The van der Waals surface area contributed by atoms with Crippen LogP contribution in [0.2, 0.25) is 16.6 Å². The van der Waals surface area contributed by atoms with Gasteiger partial charge in [-0.2, -0.15) is 0 Å². The van der Waals surface area contributed by atoms with Crippen molar-refractivity contribution in [1.82, 2.24) is 0 Å². The third kappa shape index (κ3) is 9.93. The number of rotatable bonds is 16. The van der Waals surface area contributed by atoms with E-state index in [0.29, 0.717) is 69.5 Å². The molecule has 0 saturated heterocycles. The summed E-state index contributed by atoms with van der Waals surface area (Å²) in [5, 5.41) is 0. The molecule has 32 heavy (non-hydrogen) atoms. The van der Waals surface area contributed by atoms with Gasteiger partial charge in [0.1, 0.15) is 8.07 Å². The first-order valence-corrected chi connectivity index (χ1v) is 14.7. The lowest BCUT2D eigenvalue weighted by atomic mass is 10.0. The first kappa shape index (κ1) is 31.1. The molecule has 0 saturated carbocycles. The van der Waals surface area contributed by atoms with Crippen LogP contribution in [0.3, 0.4) is 0 Å². The highest BCUT2D eigenvalue weighted by Crippen LogP contribution is 2.40. The Balaban J connectivity index is 6.72. The van der Waals surface area contributed by atoms with E-state index in [1.54, 1.807) is 0 Å². The molecule has 0 unspecified atom stereocenters. The Morgan fingerprint density at radius 1 is 0.688 bits per heavy atom. The Morgan fingerprint density at radius 3 is 1.62 bits per heavy atom. The second-order valence-corrected chi connectivity index (χ2v) is 14.5. The summed E-state index contributed by atoms with van der Waals surface area (Å²) in [4.78, 5) is 0. The molecule has 0 N–H and O–H groups in total. The van der Waals surface area contributed by atoms with Gasteiger partial charge in [0, 0.05) is 32.0 Å². The van der Waals surface area contributed by atoms with E-state index in [0.717, 1.165) is 16.7 Å². The zero-order chi connectivity index (χ0) is 24.6. The lowest BCUT2D eigenvalue weighted by Gasteiger charge is -2.38. The van der Waals surface area contributed by atoms with Gasteiger partial charge in [-0.3, -0.25) is 0 Å². The second kappa shape index (κ2) is 17.6. The molecular weight excluding hydrogens is 416 g/mol. The molecule has 0 aliphatic carbocycles. The van der Waals surface area contributed by atoms with Gasteiger partial charge in [-0.25, -0.2) is 0 Å². The largest absolute Gasteiger partial charge is 0.378 e. The molecule has 0 aromatic rings.